The van der Waals surface area contributed by atoms with Crippen LogP contribution in [0.5, 0.6) is 0 Å². The summed E-state index contributed by atoms with van der Waals surface area (Å²) in [5, 5.41) is 1.41. The molecule has 0 aliphatic heterocycles. The Kier molecular flexibility index (Phi) is 4.75. The zero-order chi connectivity index (χ0) is 13.9. The monoisotopic (exact) mass is 304 g/mol. The Morgan fingerprint density at radius 1 is 1.39 bits per heavy atom. The topological polar surface area (TPSA) is 42.0 Å². The van der Waals surface area contributed by atoms with Gasteiger partial charge in [-0.3, -0.25) is 4.79 Å². The molecule has 18 heavy (non-hydrogen) atoms. The van der Waals surface area contributed by atoms with Crippen molar-refractivity contribution in [2.75, 3.05) is 6.54 Å². The average molecular weight is 305 g/mol. The van der Waals surface area contributed by atoms with E-state index >= 15 is 0 Å². The van der Waals surface area contributed by atoms with Crippen LogP contribution in [0.4, 0.5) is 17.6 Å². The second-order valence-electron chi connectivity index (χ2n) is 3.21. The fraction of sp³-hybridized carbons (Fsp3) is 0.333. The molecular weight excluding hydrogens is 299 g/mol. The molecular formula is C9H6Cl2F4N2O. The number of hydrogen-bond donors (Lipinski definition) is 1. The molecule has 0 unspecified atom stereocenters. The van der Waals surface area contributed by atoms with Crippen molar-refractivity contribution in [1.29, 1.82) is 0 Å². The maximum atomic E-state index is 12.6. The van der Waals surface area contributed by atoms with E-state index in [1.807, 2.05) is 0 Å². The van der Waals surface area contributed by atoms with E-state index in [0.29, 0.717) is 0 Å². The van der Waals surface area contributed by atoms with Crippen LogP contribution in [0.1, 0.15) is 10.5 Å². The third kappa shape index (κ3) is 3.71. The molecule has 100 valence electrons. The summed E-state index contributed by atoms with van der Waals surface area (Å²) in [4.78, 5) is 14.9. The summed E-state index contributed by atoms with van der Waals surface area (Å²) in [7, 11) is 0. The molecule has 1 aromatic rings. The second kappa shape index (κ2) is 5.71. The molecule has 0 bridgehead atoms. The Hall–Kier alpha value is -1.08. The van der Waals surface area contributed by atoms with E-state index in [0.717, 1.165) is 0 Å². The molecule has 1 rings (SSSR count). The summed E-state index contributed by atoms with van der Waals surface area (Å²) >= 11 is 11.1. The van der Waals surface area contributed by atoms with E-state index in [1.165, 1.54) is 12.1 Å². The van der Waals surface area contributed by atoms with Crippen molar-refractivity contribution in [2.24, 2.45) is 0 Å². The molecule has 0 radical (unpaired) electrons. The molecule has 0 atom stereocenters. The van der Waals surface area contributed by atoms with Gasteiger partial charge in [-0.2, -0.15) is 8.78 Å². The van der Waals surface area contributed by atoms with Gasteiger partial charge in [0.1, 0.15) is 10.8 Å². The molecule has 0 aliphatic carbocycles. The van der Waals surface area contributed by atoms with Gasteiger partial charge in [0.2, 0.25) is 0 Å². The summed E-state index contributed by atoms with van der Waals surface area (Å²) < 4.78 is 48.8. The van der Waals surface area contributed by atoms with Crippen molar-refractivity contribution >= 4 is 29.1 Å². The zero-order valence-corrected chi connectivity index (χ0v) is 10.1. The lowest BCUT2D eigenvalue weighted by molar-refractivity contribution is -0.123. The van der Waals surface area contributed by atoms with Crippen LogP contribution >= 0.6 is 23.2 Å². The zero-order valence-electron chi connectivity index (χ0n) is 8.56. The highest BCUT2D eigenvalue weighted by atomic mass is 35.5. The standard InChI is InChI=1S/C9H6Cl2F4N2O/c10-4-1-2-5(11)17-6(4)7(18)16-3-9(14,15)8(12)13/h1-2,8H,3H2,(H,16,18). The van der Waals surface area contributed by atoms with Crippen molar-refractivity contribution in [3.05, 3.63) is 28.0 Å². The number of hydrogen-bond acceptors (Lipinski definition) is 2. The van der Waals surface area contributed by atoms with Crippen molar-refractivity contribution < 1.29 is 22.4 Å². The maximum absolute atomic E-state index is 12.6. The number of amides is 1. The van der Waals surface area contributed by atoms with Crippen LogP contribution < -0.4 is 5.32 Å². The van der Waals surface area contributed by atoms with Crippen LogP contribution in [0.2, 0.25) is 10.2 Å². The molecule has 9 heteroatoms. The number of pyridine rings is 1. The number of halogens is 6. The minimum absolute atomic E-state index is 0.0785. The van der Waals surface area contributed by atoms with Gasteiger partial charge in [0, 0.05) is 0 Å². The molecule has 1 heterocycles. The van der Waals surface area contributed by atoms with E-state index in [-0.39, 0.29) is 10.2 Å². The van der Waals surface area contributed by atoms with Gasteiger partial charge in [0.15, 0.2) is 0 Å². The fourth-order valence-electron chi connectivity index (χ4n) is 0.937. The van der Waals surface area contributed by atoms with Crippen LogP contribution in [0.15, 0.2) is 12.1 Å². The molecule has 3 nitrogen and oxygen atoms in total. The first-order valence-corrected chi connectivity index (χ1v) is 5.26. The van der Waals surface area contributed by atoms with Gasteiger partial charge in [-0.1, -0.05) is 23.2 Å². The average Bonchev–Trinajstić information content (AvgIpc) is 2.29. The quantitative estimate of drug-likeness (QED) is 0.686. The number of carbonyl (C=O) groups excluding carboxylic acids is 1. The first kappa shape index (κ1) is 15.0. The predicted octanol–water partition coefficient (Wildman–Crippen LogP) is 3.02. The molecule has 1 N–H and O–H groups in total. The molecule has 0 saturated heterocycles. The summed E-state index contributed by atoms with van der Waals surface area (Å²) in [5.41, 5.74) is -0.408. The normalized spacial score (nSPS) is 11.7. The Labute approximate surface area is 109 Å². The Morgan fingerprint density at radius 2 is 2.00 bits per heavy atom. The molecule has 1 amide bonds. The number of nitrogens with zero attached hydrogens (tertiary/aromatic N) is 1. The first-order chi connectivity index (χ1) is 8.24. The van der Waals surface area contributed by atoms with Crippen LogP contribution in [0, 0.1) is 0 Å². The van der Waals surface area contributed by atoms with Gasteiger partial charge in [-0.15, -0.1) is 0 Å². The van der Waals surface area contributed by atoms with Gasteiger partial charge in [0.25, 0.3) is 5.91 Å². The molecule has 0 saturated carbocycles. The maximum Gasteiger partial charge on any atom is 0.324 e. The van der Waals surface area contributed by atoms with Gasteiger partial charge in [-0.05, 0) is 12.1 Å². The van der Waals surface area contributed by atoms with Crippen molar-refractivity contribution in [2.45, 2.75) is 12.3 Å². The SMILES string of the molecule is O=C(NCC(F)(F)C(F)F)c1nc(Cl)ccc1Cl. The molecule has 0 fully saturated rings. The largest absolute Gasteiger partial charge is 0.344 e. The van der Waals surface area contributed by atoms with Crippen molar-refractivity contribution in [3.8, 4) is 0 Å². The van der Waals surface area contributed by atoms with Gasteiger partial charge >= 0.3 is 12.3 Å². The van der Waals surface area contributed by atoms with Gasteiger partial charge < -0.3 is 5.32 Å². The molecule has 0 aliphatic rings. The Balaban J connectivity index is 2.75. The smallest absolute Gasteiger partial charge is 0.324 e. The van der Waals surface area contributed by atoms with Crippen LogP contribution in [-0.4, -0.2) is 29.8 Å². The highest BCUT2D eigenvalue weighted by Gasteiger charge is 2.41. The van der Waals surface area contributed by atoms with Crippen LogP contribution in [0.3, 0.4) is 0 Å². The number of aromatic nitrogens is 1. The lowest BCUT2D eigenvalue weighted by atomic mass is 10.3. The highest BCUT2D eigenvalue weighted by molar-refractivity contribution is 6.34. The number of alkyl halides is 4. The summed E-state index contributed by atoms with van der Waals surface area (Å²) in [6.07, 6.45) is -3.87. The summed E-state index contributed by atoms with van der Waals surface area (Å²) in [6, 6.07) is 2.52. The lowest BCUT2D eigenvalue weighted by Crippen LogP contribution is -2.41. The molecule has 1 aromatic heterocycles. The summed E-state index contributed by atoms with van der Waals surface area (Å²) in [6.45, 7) is -1.52. The van der Waals surface area contributed by atoms with E-state index < -0.39 is 30.5 Å². The Bertz CT molecular complexity index is 456. The highest BCUT2D eigenvalue weighted by Crippen LogP contribution is 2.22. The third-order valence-electron chi connectivity index (χ3n) is 1.83. The fourth-order valence-corrected chi connectivity index (χ4v) is 1.28. The van der Waals surface area contributed by atoms with E-state index in [9.17, 15) is 22.4 Å². The number of carbonyl (C=O) groups is 1. The Morgan fingerprint density at radius 3 is 2.56 bits per heavy atom. The van der Waals surface area contributed by atoms with E-state index in [4.69, 9.17) is 23.2 Å². The third-order valence-corrected chi connectivity index (χ3v) is 2.35. The minimum atomic E-state index is -4.32. The van der Waals surface area contributed by atoms with E-state index in [2.05, 4.69) is 4.98 Å². The molecule has 0 aromatic carbocycles. The predicted molar refractivity (Wildman–Crippen MR) is 57.5 cm³/mol. The first-order valence-electron chi connectivity index (χ1n) is 4.50. The lowest BCUT2D eigenvalue weighted by Gasteiger charge is -2.15. The second-order valence-corrected chi connectivity index (χ2v) is 4.00. The number of nitrogens with one attached hydrogen (secondary N) is 1. The van der Waals surface area contributed by atoms with E-state index in [1.54, 1.807) is 5.32 Å². The number of rotatable bonds is 4. The van der Waals surface area contributed by atoms with Crippen molar-refractivity contribution in [1.82, 2.24) is 10.3 Å². The van der Waals surface area contributed by atoms with Crippen LogP contribution in [0.25, 0.3) is 0 Å². The molecule has 0 spiro atoms. The summed E-state index contributed by atoms with van der Waals surface area (Å²) in [5.74, 6) is -5.43. The van der Waals surface area contributed by atoms with Gasteiger partial charge in [0.05, 0.1) is 11.6 Å². The van der Waals surface area contributed by atoms with Crippen molar-refractivity contribution in [3.63, 3.8) is 0 Å². The minimum Gasteiger partial charge on any atom is -0.344 e. The van der Waals surface area contributed by atoms with Gasteiger partial charge in [-0.25, -0.2) is 13.8 Å². The van der Waals surface area contributed by atoms with Crippen LogP contribution in [-0.2, 0) is 0 Å².